The maximum atomic E-state index is 12.0. The van der Waals surface area contributed by atoms with Crippen molar-refractivity contribution in [1.29, 1.82) is 0 Å². The van der Waals surface area contributed by atoms with Gasteiger partial charge in [-0.2, -0.15) is 0 Å². The summed E-state index contributed by atoms with van der Waals surface area (Å²) in [5.74, 6) is 1.16. The quantitative estimate of drug-likeness (QED) is 0.708. The van der Waals surface area contributed by atoms with Crippen LogP contribution in [-0.4, -0.2) is 15.5 Å². The second-order valence-electron chi connectivity index (χ2n) is 6.04. The average molecular weight is 357 g/mol. The van der Waals surface area contributed by atoms with Gasteiger partial charge in [0.25, 0.3) is 5.56 Å². The Morgan fingerprint density at radius 3 is 2.68 bits per heavy atom. The van der Waals surface area contributed by atoms with Crippen molar-refractivity contribution in [3.05, 3.63) is 58.2 Å². The number of anilines is 1. The lowest BCUT2D eigenvalue weighted by Crippen LogP contribution is -2.17. The SMILES string of the molecule is Cc1cc2nc(CSc3ccc(NC(=O)C(C)C)cc3)cc(=O)n2o1. The van der Waals surface area contributed by atoms with Gasteiger partial charge in [0.2, 0.25) is 5.91 Å². The Balaban J connectivity index is 1.67. The molecule has 6 nitrogen and oxygen atoms in total. The summed E-state index contributed by atoms with van der Waals surface area (Å²) in [4.78, 5) is 29.2. The Hall–Kier alpha value is -2.54. The highest BCUT2D eigenvalue weighted by atomic mass is 32.2. The molecule has 0 saturated heterocycles. The maximum absolute atomic E-state index is 12.0. The zero-order valence-corrected chi connectivity index (χ0v) is 15.1. The second kappa shape index (κ2) is 7.14. The van der Waals surface area contributed by atoms with Gasteiger partial charge in [-0.25, -0.2) is 4.98 Å². The van der Waals surface area contributed by atoms with Gasteiger partial charge in [0, 0.05) is 34.4 Å². The van der Waals surface area contributed by atoms with Crippen molar-refractivity contribution >= 4 is 29.0 Å². The zero-order chi connectivity index (χ0) is 18.0. The number of aromatic nitrogens is 2. The van der Waals surface area contributed by atoms with Gasteiger partial charge in [0.1, 0.15) is 5.76 Å². The molecule has 0 aliphatic heterocycles. The van der Waals surface area contributed by atoms with Gasteiger partial charge in [-0.3, -0.25) is 9.59 Å². The normalized spacial score (nSPS) is 11.2. The number of hydrogen-bond donors (Lipinski definition) is 1. The molecule has 0 aliphatic carbocycles. The second-order valence-corrected chi connectivity index (χ2v) is 7.09. The van der Waals surface area contributed by atoms with Gasteiger partial charge in [-0.1, -0.05) is 13.8 Å². The van der Waals surface area contributed by atoms with E-state index >= 15 is 0 Å². The van der Waals surface area contributed by atoms with Crippen LogP contribution in [-0.2, 0) is 10.5 Å². The summed E-state index contributed by atoms with van der Waals surface area (Å²) in [5, 5.41) is 2.86. The van der Waals surface area contributed by atoms with Gasteiger partial charge in [-0.15, -0.1) is 16.3 Å². The first kappa shape index (κ1) is 17.3. The average Bonchev–Trinajstić information content (AvgIpc) is 2.95. The number of rotatable bonds is 5. The van der Waals surface area contributed by atoms with Crippen LogP contribution in [0.5, 0.6) is 0 Å². The minimum Gasteiger partial charge on any atom is -0.375 e. The summed E-state index contributed by atoms with van der Waals surface area (Å²) in [6.07, 6.45) is 0. The van der Waals surface area contributed by atoms with Gasteiger partial charge in [0.05, 0.1) is 5.69 Å². The third kappa shape index (κ3) is 4.11. The number of amides is 1. The van der Waals surface area contributed by atoms with Crippen LogP contribution in [0.1, 0.15) is 25.3 Å². The molecule has 2 aromatic heterocycles. The Labute approximate surface area is 149 Å². The third-order valence-electron chi connectivity index (χ3n) is 3.56. The fraction of sp³-hybridized carbons (Fsp3) is 0.278. The molecule has 1 amide bonds. The number of thioether (sulfide) groups is 1. The highest BCUT2D eigenvalue weighted by Crippen LogP contribution is 2.23. The molecule has 3 aromatic rings. The van der Waals surface area contributed by atoms with E-state index in [4.69, 9.17) is 4.52 Å². The van der Waals surface area contributed by atoms with Crippen LogP contribution in [0.4, 0.5) is 5.69 Å². The minimum atomic E-state index is -0.222. The number of fused-ring (bicyclic) bond motifs is 1. The number of benzene rings is 1. The molecule has 0 atom stereocenters. The standard InChI is InChI=1S/C18H19N3O3S/c1-11(2)18(23)20-13-4-6-15(7-5-13)25-10-14-9-17(22)21-16(19-14)8-12(3)24-21/h4-9,11H,10H2,1-3H3,(H,20,23). The Kier molecular flexibility index (Phi) is 4.94. The number of aryl methyl sites for hydroxylation is 1. The summed E-state index contributed by atoms with van der Waals surface area (Å²) >= 11 is 1.58. The van der Waals surface area contributed by atoms with Crippen molar-refractivity contribution in [2.75, 3.05) is 5.32 Å². The first-order valence-electron chi connectivity index (χ1n) is 7.96. The van der Waals surface area contributed by atoms with Crippen molar-refractivity contribution in [3.63, 3.8) is 0 Å². The monoisotopic (exact) mass is 357 g/mol. The highest BCUT2D eigenvalue weighted by Gasteiger charge is 2.08. The Bertz CT molecular complexity index is 958. The van der Waals surface area contributed by atoms with Gasteiger partial charge in [-0.05, 0) is 31.2 Å². The van der Waals surface area contributed by atoms with Gasteiger partial charge < -0.3 is 9.84 Å². The first-order chi connectivity index (χ1) is 11.9. The smallest absolute Gasteiger partial charge is 0.287 e. The van der Waals surface area contributed by atoms with Crippen LogP contribution in [0, 0.1) is 12.8 Å². The topological polar surface area (TPSA) is 76.6 Å². The summed E-state index contributed by atoms with van der Waals surface area (Å²) < 4.78 is 6.47. The molecular weight excluding hydrogens is 338 g/mol. The molecule has 3 rings (SSSR count). The fourth-order valence-corrected chi connectivity index (χ4v) is 3.02. The largest absolute Gasteiger partial charge is 0.375 e. The molecule has 0 saturated carbocycles. The molecule has 130 valence electrons. The Morgan fingerprint density at radius 2 is 2.00 bits per heavy atom. The van der Waals surface area contributed by atoms with E-state index in [-0.39, 0.29) is 17.4 Å². The maximum Gasteiger partial charge on any atom is 0.287 e. The van der Waals surface area contributed by atoms with Crippen LogP contribution in [0.25, 0.3) is 5.65 Å². The lowest BCUT2D eigenvalue weighted by atomic mass is 10.2. The van der Waals surface area contributed by atoms with E-state index in [1.165, 1.54) is 10.6 Å². The summed E-state index contributed by atoms with van der Waals surface area (Å²) in [6, 6.07) is 10.8. The zero-order valence-electron chi connectivity index (χ0n) is 14.3. The summed E-state index contributed by atoms with van der Waals surface area (Å²) in [7, 11) is 0. The van der Waals surface area contributed by atoms with E-state index in [9.17, 15) is 9.59 Å². The molecule has 0 radical (unpaired) electrons. The summed E-state index contributed by atoms with van der Waals surface area (Å²) in [6.45, 7) is 5.49. The van der Waals surface area contributed by atoms with E-state index in [1.54, 1.807) is 24.8 Å². The molecule has 2 heterocycles. The van der Waals surface area contributed by atoms with Crippen molar-refractivity contribution in [2.24, 2.45) is 5.92 Å². The van der Waals surface area contributed by atoms with Crippen LogP contribution in [0.2, 0.25) is 0 Å². The van der Waals surface area contributed by atoms with Gasteiger partial charge >= 0.3 is 0 Å². The number of carbonyl (C=O) groups is 1. The molecule has 1 aromatic carbocycles. The molecule has 0 bridgehead atoms. The molecule has 7 heteroatoms. The van der Waals surface area contributed by atoms with Crippen LogP contribution < -0.4 is 10.9 Å². The van der Waals surface area contributed by atoms with Crippen LogP contribution in [0.3, 0.4) is 0 Å². The minimum absolute atomic E-state index is 0.00575. The molecular formula is C18H19N3O3S. The van der Waals surface area contributed by atoms with E-state index < -0.39 is 0 Å². The van der Waals surface area contributed by atoms with E-state index in [0.717, 1.165) is 10.6 Å². The van der Waals surface area contributed by atoms with Gasteiger partial charge in [0.15, 0.2) is 5.65 Å². The number of carbonyl (C=O) groups excluding carboxylic acids is 1. The lowest BCUT2D eigenvalue weighted by molar-refractivity contribution is -0.118. The van der Waals surface area contributed by atoms with E-state index in [1.807, 2.05) is 38.1 Å². The first-order valence-corrected chi connectivity index (χ1v) is 8.94. The van der Waals surface area contributed by atoms with Crippen LogP contribution >= 0.6 is 11.8 Å². The van der Waals surface area contributed by atoms with Crippen LogP contribution in [0.15, 0.2) is 50.6 Å². The van der Waals surface area contributed by atoms with E-state index in [2.05, 4.69) is 10.3 Å². The number of nitrogens with one attached hydrogen (secondary N) is 1. The molecule has 0 spiro atoms. The van der Waals surface area contributed by atoms with Crippen molar-refractivity contribution in [1.82, 2.24) is 9.56 Å². The molecule has 1 N–H and O–H groups in total. The predicted octanol–water partition coefficient (Wildman–Crippen LogP) is 3.48. The van der Waals surface area contributed by atoms with E-state index in [0.29, 0.717) is 22.9 Å². The molecule has 25 heavy (non-hydrogen) atoms. The third-order valence-corrected chi connectivity index (χ3v) is 4.60. The van der Waals surface area contributed by atoms with Crippen molar-refractivity contribution < 1.29 is 9.32 Å². The number of nitrogens with zero attached hydrogens (tertiary/aromatic N) is 2. The highest BCUT2D eigenvalue weighted by molar-refractivity contribution is 7.98. The molecule has 0 fully saturated rings. The fourth-order valence-electron chi connectivity index (χ4n) is 2.23. The number of hydrogen-bond acceptors (Lipinski definition) is 5. The summed E-state index contributed by atoms with van der Waals surface area (Å²) in [5.41, 5.74) is 1.77. The lowest BCUT2D eigenvalue weighted by Gasteiger charge is -2.08. The molecule has 0 unspecified atom stereocenters. The van der Waals surface area contributed by atoms with Crippen molar-refractivity contribution in [2.45, 2.75) is 31.4 Å². The predicted molar refractivity (Wildman–Crippen MR) is 97.9 cm³/mol. The Morgan fingerprint density at radius 1 is 1.28 bits per heavy atom. The van der Waals surface area contributed by atoms with Crippen molar-refractivity contribution in [3.8, 4) is 0 Å². The molecule has 0 aliphatic rings.